The van der Waals surface area contributed by atoms with Gasteiger partial charge in [0.15, 0.2) is 0 Å². The zero-order valence-electron chi connectivity index (χ0n) is 22.9. The van der Waals surface area contributed by atoms with Crippen LogP contribution in [0.3, 0.4) is 0 Å². The Morgan fingerprint density at radius 2 is 2.03 bits per heavy atom. The average molecular weight is 485 g/mol. The Balaban J connectivity index is 1.58. The van der Waals surface area contributed by atoms with E-state index in [-0.39, 0.29) is 0 Å². The van der Waals surface area contributed by atoms with Gasteiger partial charge in [0.1, 0.15) is 0 Å². The molecule has 4 nitrogen and oxygen atoms in total. The molecule has 1 fully saturated rings. The molecule has 2 heterocycles. The molecule has 0 atom stereocenters. The number of piperidine rings is 1. The van der Waals surface area contributed by atoms with Crippen molar-refractivity contribution in [2.45, 2.75) is 71.6 Å². The summed E-state index contributed by atoms with van der Waals surface area (Å²) in [6, 6.07) is 7.10. The summed E-state index contributed by atoms with van der Waals surface area (Å²) in [5, 5.41) is 13.0. The molecule has 2 aliphatic rings. The minimum Gasteiger partial charge on any atom is -0.390 e. The molecule has 3 N–H and O–H groups in total. The van der Waals surface area contributed by atoms with Crippen molar-refractivity contribution < 1.29 is 0 Å². The van der Waals surface area contributed by atoms with Crippen LogP contribution in [-0.2, 0) is 0 Å². The minimum absolute atomic E-state index is 0.422. The second kappa shape index (κ2) is 11.5. The van der Waals surface area contributed by atoms with E-state index >= 15 is 0 Å². The molecule has 2 aromatic rings. The van der Waals surface area contributed by atoms with E-state index in [1.807, 2.05) is 14.0 Å². The van der Waals surface area contributed by atoms with Crippen LogP contribution in [0.25, 0.3) is 16.5 Å². The number of rotatable bonds is 7. The maximum absolute atomic E-state index is 8.34. The van der Waals surface area contributed by atoms with E-state index in [1.54, 1.807) is 0 Å². The van der Waals surface area contributed by atoms with Crippen LogP contribution in [0.2, 0.25) is 0 Å². The summed E-state index contributed by atoms with van der Waals surface area (Å²) >= 11 is 0. The van der Waals surface area contributed by atoms with Crippen molar-refractivity contribution in [2.75, 3.05) is 26.7 Å². The molecular formula is C32H44N4. The number of hydrogen-bond acceptors (Lipinski definition) is 3. The Labute approximate surface area is 217 Å². The second-order valence-corrected chi connectivity index (χ2v) is 11.0. The maximum Gasteiger partial charge on any atom is 0.0496 e. The molecule has 4 rings (SSSR count). The molecule has 0 spiro atoms. The van der Waals surface area contributed by atoms with E-state index in [1.165, 1.54) is 51.8 Å². The number of aromatic nitrogens is 1. The van der Waals surface area contributed by atoms with Crippen molar-refractivity contribution in [2.24, 2.45) is 0 Å². The zero-order valence-corrected chi connectivity index (χ0v) is 22.9. The van der Waals surface area contributed by atoms with Crippen molar-refractivity contribution in [3.63, 3.8) is 0 Å². The lowest BCUT2D eigenvalue weighted by Crippen LogP contribution is -2.36. The zero-order chi connectivity index (χ0) is 25.8. The van der Waals surface area contributed by atoms with E-state index in [4.69, 9.17) is 5.41 Å². The molecular weight excluding hydrogens is 440 g/mol. The lowest BCUT2D eigenvalue weighted by atomic mass is 9.87. The number of fused-ring (bicyclic) bond motifs is 1. The molecule has 192 valence electrons. The van der Waals surface area contributed by atoms with Gasteiger partial charge in [-0.25, -0.2) is 0 Å². The smallest absolute Gasteiger partial charge is 0.0496 e. The highest BCUT2D eigenvalue weighted by Crippen LogP contribution is 2.38. The van der Waals surface area contributed by atoms with Crippen molar-refractivity contribution in [3.05, 3.63) is 76.7 Å². The fourth-order valence-corrected chi connectivity index (χ4v) is 5.76. The largest absolute Gasteiger partial charge is 0.390 e. The lowest BCUT2D eigenvalue weighted by molar-refractivity contribution is 0.225. The van der Waals surface area contributed by atoms with E-state index in [2.05, 4.69) is 79.0 Å². The topological polar surface area (TPSA) is 54.9 Å². The Bertz CT molecular complexity index is 1210. The van der Waals surface area contributed by atoms with Gasteiger partial charge in [0.2, 0.25) is 0 Å². The van der Waals surface area contributed by atoms with Crippen LogP contribution in [-0.4, -0.2) is 42.3 Å². The van der Waals surface area contributed by atoms with Gasteiger partial charge in [0.05, 0.1) is 0 Å². The molecule has 0 radical (unpaired) electrons. The van der Waals surface area contributed by atoms with Crippen LogP contribution in [0.1, 0.15) is 88.5 Å². The molecule has 0 saturated carbocycles. The molecule has 1 aliphatic carbocycles. The van der Waals surface area contributed by atoms with Gasteiger partial charge in [0.25, 0.3) is 0 Å². The SMILES string of the molecule is C=C(C)/C=C(/CN1CCC(c2ccc3[nH]c(C4=C/CCCC(=N)/C(C)=C\4)c(C(C)C)c3c2)CC1)NC. The van der Waals surface area contributed by atoms with Crippen molar-refractivity contribution in [1.29, 1.82) is 5.41 Å². The number of H-pyrrole nitrogens is 1. The summed E-state index contributed by atoms with van der Waals surface area (Å²) in [5.41, 5.74) is 10.8. The number of nitrogens with one attached hydrogen (secondary N) is 3. The lowest BCUT2D eigenvalue weighted by Gasteiger charge is -2.32. The van der Waals surface area contributed by atoms with Crippen LogP contribution >= 0.6 is 0 Å². The number of hydrogen-bond donors (Lipinski definition) is 3. The standard InChI is InChI=1S/C32H44N4/c1-21(2)17-27(34-6)20-36-15-13-24(14-16-36)25-11-12-30-28(19-25)31(22(3)4)32(35-30)26-9-7-8-10-29(33)23(5)18-26/h9,11-12,17-19,22,24,33-35H,1,7-8,10,13-16,20H2,2-6H3/b23-18-,26-9+,27-17-,33-29?. The minimum atomic E-state index is 0.422. The normalized spacial score (nSPS) is 21.6. The predicted molar refractivity (Wildman–Crippen MR) is 156 cm³/mol. The van der Waals surface area contributed by atoms with Crippen LogP contribution < -0.4 is 5.32 Å². The highest BCUT2D eigenvalue weighted by molar-refractivity contribution is 6.01. The van der Waals surface area contributed by atoms with Crippen molar-refractivity contribution >= 4 is 22.2 Å². The van der Waals surface area contributed by atoms with Crippen molar-refractivity contribution in [3.8, 4) is 0 Å². The molecule has 36 heavy (non-hydrogen) atoms. The van der Waals surface area contributed by atoms with Gasteiger partial charge in [-0.1, -0.05) is 38.1 Å². The van der Waals surface area contributed by atoms with E-state index < -0.39 is 0 Å². The first-order valence-electron chi connectivity index (χ1n) is 13.6. The second-order valence-electron chi connectivity index (χ2n) is 11.0. The first-order valence-corrected chi connectivity index (χ1v) is 13.6. The Morgan fingerprint density at radius 1 is 1.28 bits per heavy atom. The number of benzene rings is 1. The summed E-state index contributed by atoms with van der Waals surface area (Å²) in [4.78, 5) is 6.32. The van der Waals surface area contributed by atoms with Gasteiger partial charge in [-0.2, -0.15) is 0 Å². The van der Waals surface area contributed by atoms with Crippen molar-refractivity contribution in [1.82, 2.24) is 15.2 Å². The Kier molecular flexibility index (Phi) is 8.35. The summed E-state index contributed by atoms with van der Waals surface area (Å²) < 4.78 is 0. The van der Waals surface area contributed by atoms with Gasteiger partial charge >= 0.3 is 0 Å². The summed E-state index contributed by atoms with van der Waals surface area (Å²) in [6.45, 7) is 16.0. The molecule has 0 amide bonds. The Morgan fingerprint density at radius 3 is 2.69 bits per heavy atom. The van der Waals surface area contributed by atoms with Crippen LogP contribution in [0.5, 0.6) is 0 Å². The predicted octanol–water partition coefficient (Wildman–Crippen LogP) is 7.68. The highest BCUT2D eigenvalue weighted by atomic mass is 15.1. The van der Waals surface area contributed by atoms with Gasteiger partial charge in [-0.3, -0.25) is 4.90 Å². The van der Waals surface area contributed by atoms with Crippen LogP contribution in [0.4, 0.5) is 0 Å². The van der Waals surface area contributed by atoms with Crippen LogP contribution in [0.15, 0.2) is 59.8 Å². The van der Waals surface area contributed by atoms with E-state index in [9.17, 15) is 0 Å². The first kappa shape index (κ1) is 26.2. The third-order valence-corrected chi connectivity index (χ3v) is 7.77. The Hall–Kier alpha value is -2.85. The van der Waals surface area contributed by atoms with E-state index in [0.29, 0.717) is 11.8 Å². The van der Waals surface area contributed by atoms with Gasteiger partial charge in [-0.05, 0) is 117 Å². The fraction of sp³-hybridized carbons (Fsp3) is 0.469. The molecule has 1 aliphatic heterocycles. The van der Waals surface area contributed by atoms with E-state index in [0.717, 1.165) is 55.8 Å². The molecule has 0 bridgehead atoms. The number of nitrogens with zero attached hydrogens (tertiary/aromatic N) is 1. The van der Waals surface area contributed by atoms with Crippen LogP contribution in [0, 0.1) is 5.41 Å². The van der Waals surface area contributed by atoms with Gasteiger partial charge in [-0.15, -0.1) is 0 Å². The number of allylic oxidation sites excluding steroid dienone is 6. The number of likely N-dealkylation sites (N-methyl/N-ethyl adjacent to an activating group) is 1. The monoisotopic (exact) mass is 484 g/mol. The fourth-order valence-electron chi connectivity index (χ4n) is 5.76. The molecule has 1 aromatic heterocycles. The average Bonchev–Trinajstić information content (AvgIpc) is 3.23. The molecule has 0 unspecified atom stereocenters. The molecule has 1 aromatic carbocycles. The number of aromatic amines is 1. The third-order valence-electron chi connectivity index (χ3n) is 7.77. The summed E-state index contributed by atoms with van der Waals surface area (Å²) in [6.07, 6.45) is 12.1. The first-order chi connectivity index (χ1) is 17.3. The summed E-state index contributed by atoms with van der Waals surface area (Å²) in [5.74, 6) is 1.03. The van der Waals surface area contributed by atoms with Gasteiger partial charge in [0, 0.05) is 41.6 Å². The maximum atomic E-state index is 8.34. The van der Waals surface area contributed by atoms with Gasteiger partial charge < -0.3 is 15.7 Å². The molecule has 1 saturated heterocycles. The quantitative estimate of drug-likeness (QED) is 0.353. The third kappa shape index (κ3) is 5.92. The summed E-state index contributed by atoms with van der Waals surface area (Å²) in [7, 11) is 2.00. The number of likely N-dealkylation sites (tertiary alicyclic amines) is 1. The highest BCUT2D eigenvalue weighted by Gasteiger charge is 2.23. The molecule has 4 heteroatoms.